The number of nitrogens with one attached hydrogen (secondary N) is 1. The van der Waals surface area contributed by atoms with Crippen LogP contribution in [0.2, 0.25) is 5.02 Å². The molecule has 1 N–H and O–H groups in total. The molecule has 30 heavy (non-hydrogen) atoms. The molecule has 4 rings (SSSR count). The molecule has 164 valence electrons. The van der Waals surface area contributed by atoms with Gasteiger partial charge in [0.2, 0.25) is 0 Å². The second-order valence-corrected chi connectivity index (χ2v) is 9.32. The smallest absolute Gasteiger partial charge is 0.325 e. The van der Waals surface area contributed by atoms with Crippen LogP contribution in [0.3, 0.4) is 0 Å². The molecule has 3 heterocycles. The molecule has 1 aromatic carbocycles. The fourth-order valence-corrected chi connectivity index (χ4v) is 5.54. The van der Waals surface area contributed by atoms with Gasteiger partial charge in [0.05, 0.1) is 12.6 Å². The summed E-state index contributed by atoms with van der Waals surface area (Å²) in [6.07, 6.45) is 5.26. The molecule has 0 radical (unpaired) electrons. The van der Waals surface area contributed by atoms with Gasteiger partial charge in [0.1, 0.15) is 5.54 Å². The standard InChI is InChI=1S/C23H32ClN3O3/c1-2-10-23(21(28)27(22(29)25-23)16-20-7-4-13-30-20)18-8-11-26(12-9-18)15-17-5-3-6-19(24)14-17/h3,5-6,14,18,20H,2,4,7-13,15-16H2,1H3,(H,25,29). The molecular formula is C23H32ClN3O3. The van der Waals surface area contributed by atoms with Crippen LogP contribution in [0.4, 0.5) is 4.79 Å². The number of ether oxygens (including phenoxy) is 1. The van der Waals surface area contributed by atoms with E-state index in [1.807, 2.05) is 18.2 Å². The van der Waals surface area contributed by atoms with Crippen LogP contribution in [-0.2, 0) is 16.1 Å². The maximum atomic E-state index is 13.5. The van der Waals surface area contributed by atoms with Crippen molar-refractivity contribution in [2.24, 2.45) is 5.92 Å². The van der Waals surface area contributed by atoms with Gasteiger partial charge in [-0.1, -0.05) is 37.1 Å². The van der Waals surface area contributed by atoms with Gasteiger partial charge in [-0.05, 0) is 68.8 Å². The molecule has 0 saturated carbocycles. The zero-order chi connectivity index (χ0) is 21.1. The number of rotatable bonds is 7. The lowest BCUT2D eigenvalue weighted by Crippen LogP contribution is -2.56. The van der Waals surface area contributed by atoms with Gasteiger partial charge in [0, 0.05) is 18.2 Å². The van der Waals surface area contributed by atoms with E-state index in [2.05, 4.69) is 23.2 Å². The molecule has 3 aliphatic heterocycles. The van der Waals surface area contributed by atoms with Crippen LogP contribution in [0, 0.1) is 5.92 Å². The lowest BCUT2D eigenvalue weighted by Gasteiger charge is -2.41. The Balaban J connectivity index is 1.41. The largest absolute Gasteiger partial charge is 0.376 e. The molecule has 0 bridgehead atoms. The molecule has 0 aromatic heterocycles. The molecule has 2 unspecified atom stereocenters. The summed E-state index contributed by atoms with van der Waals surface area (Å²) in [4.78, 5) is 30.1. The summed E-state index contributed by atoms with van der Waals surface area (Å²) in [7, 11) is 0. The number of hydrogen-bond acceptors (Lipinski definition) is 4. The van der Waals surface area contributed by atoms with Crippen molar-refractivity contribution >= 4 is 23.5 Å². The maximum Gasteiger partial charge on any atom is 0.325 e. The maximum absolute atomic E-state index is 13.5. The van der Waals surface area contributed by atoms with Crippen LogP contribution >= 0.6 is 11.6 Å². The minimum Gasteiger partial charge on any atom is -0.376 e. The van der Waals surface area contributed by atoms with Crippen LogP contribution < -0.4 is 5.32 Å². The van der Waals surface area contributed by atoms with E-state index in [1.54, 1.807) is 0 Å². The van der Waals surface area contributed by atoms with Crippen molar-refractivity contribution in [3.05, 3.63) is 34.9 Å². The first-order valence-electron chi connectivity index (χ1n) is 11.2. The van der Waals surface area contributed by atoms with Gasteiger partial charge in [-0.2, -0.15) is 0 Å². The minimum absolute atomic E-state index is 0.0170. The van der Waals surface area contributed by atoms with E-state index in [0.29, 0.717) is 13.0 Å². The summed E-state index contributed by atoms with van der Waals surface area (Å²) in [6, 6.07) is 7.74. The number of piperidine rings is 1. The number of urea groups is 1. The van der Waals surface area contributed by atoms with Crippen molar-refractivity contribution in [2.75, 3.05) is 26.2 Å². The fraction of sp³-hybridized carbons (Fsp3) is 0.652. The normalized spacial score (nSPS) is 28.3. The van der Waals surface area contributed by atoms with Gasteiger partial charge in [-0.3, -0.25) is 14.6 Å². The van der Waals surface area contributed by atoms with Crippen LogP contribution in [0.1, 0.15) is 51.0 Å². The highest BCUT2D eigenvalue weighted by atomic mass is 35.5. The molecular weight excluding hydrogens is 402 g/mol. The van der Waals surface area contributed by atoms with Gasteiger partial charge in [0.25, 0.3) is 5.91 Å². The molecule has 6 nitrogen and oxygen atoms in total. The van der Waals surface area contributed by atoms with Gasteiger partial charge >= 0.3 is 6.03 Å². The second kappa shape index (κ2) is 9.25. The highest BCUT2D eigenvalue weighted by Gasteiger charge is 2.55. The lowest BCUT2D eigenvalue weighted by molar-refractivity contribution is -0.135. The van der Waals surface area contributed by atoms with Crippen molar-refractivity contribution in [2.45, 2.75) is 63.6 Å². The summed E-state index contributed by atoms with van der Waals surface area (Å²) in [5, 5.41) is 3.89. The number of benzene rings is 1. The number of imide groups is 1. The summed E-state index contributed by atoms with van der Waals surface area (Å²) >= 11 is 6.12. The molecule has 3 amide bonds. The van der Waals surface area contributed by atoms with E-state index in [9.17, 15) is 9.59 Å². The molecule has 3 aliphatic rings. The van der Waals surface area contributed by atoms with E-state index in [0.717, 1.165) is 63.4 Å². The number of amides is 3. The van der Waals surface area contributed by atoms with Gasteiger partial charge in [0.15, 0.2) is 0 Å². The van der Waals surface area contributed by atoms with E-state index >= 15 is 0 Å². The average Bonchev–Trinajstić information content (AvgIpc) is 3.32. The topological polar surface area (TPSA) is 61.9 Å². The molecule has 0 aliphatic carbocycles. The zero-order valence-electron chi connectivity index (χ0n) is 17.7. The van der Waals surface area contributed by atoms with Crippen LogP contribution in [0.5, 0.6) is 0 Å². The third-order valence-corrected chi connectivity index (χ3v) is 7.07. The zero-order valence-corrected chi connectivity index (χ0v) is 18.5. The number of carbonyl (C=O) groups is 2. The Bertz CT molecular complexity index is 775. The first kappa shape index (κ1) is 21.6. The van der Waals surface area contributed by atoms with E-state index < -0.39 is 5.54 Å². The van der Waals surface area contributed by atoms with E-state index in [-0.39, 0.29) is 24.0 Å². The second-order valence-electron chi connectivity index (χ2n) is 8.88. The molecule has 2 atom stereocenters. The Labute approximate surface area is 183 Å². The molecule has 3 fully saturated rings. The summed E-state index contributed by atoms with van der Waals surface area (Å²) in [5.74, 6) is 0.122. The predicted molar refractivity (Wildman–Crippen MR) is 116 cm³/mol. The van der Waals surface area contributed by atoms with Crippen LogP contribution in [0.25, 0.3) is 0 Å². The highest BCUT2D eigenvalue weighted by molar-refractivity contribution is 6.30. The van der Waals surface area contributed by atoms with Crippen molar-refractivity contribution in [1.29, 1.82) is 0 Å². The Morgan fingerprint density at radius 3 is 2.70 bits per heavy atom. The number of hydrogen-bond donors (Lipinski definition) is 1. The van der Waals surface area contributed by atoms with Crippen molar-refractivity contribution < 1.29 is 14.3 Å². The lowest BCUT2D eigenvalue weighted by atomic mass is 9.74. The summed E-state index contributed by atoms with van der Waals surface area (Å²) in [6.45, 7) is 5.87. The van der Waals surface area contributed by atoms with E-state index in [1.165, 1.54) is 10.5 Å². The monoisotopic (exact) mass is 433 g/mol. The third kappa shape index (κ3) is 4.36. The minimum atomic E-state index is -0.757. The summed E-state index contributed by atoms with van der Waals surface area (Å²) < 4.78 is 5.67. The van der Waals surface area contributed by atoms with E-state index in [4.69, 9.17) is 16.3 Å². The van der Waals surface area contributed by atoms with Gasteiger partial charge in [-0.25, -0.2) is 4.79 Å². The molecule has 0 spiro atoms. The molecule has 7 heteroatoms. The average molecular weight is 434 g/mol. The Morgan fingerprint density at radius 1 is 1.23 bits per heavy atom. The number of halogens is 1. The number of likely N-dealkylation sites (tertiary alicyclic amines) is 1. The van der Waals surface area contributed by atoms with Crippen molar-refractivity contribution in [3.8, 4) is 0 Å². The van der Waals surface area contributed by atoms with Crippen molar-refractivity contribution in [3.63, 3.8) is 0 Å². The highest BCUT2D eigenvalue weighted by Crippen LogP contribution is 2.37. The van der Waals surface area contributed by atoms with Crippen molar-refractivity contribution in [1.82, 2.24) is 15.1 Å². The molecule has 3 saturated heterocycles. The quantitative estimate of drug-likeness (QED) is 0.664. The third-order valence-electron chi connectivity index (χ3n) is 6.84. The Kier molecular flexibility index (Phi) is 6.66. The van der Waals surface area contributed by atoms with Crippen LogP contribution in [0.15, 0.2) is 24.3 Å². The van der Waals surface area contributed by atoms with Crippen LogP contribution in [-0.4, -0.2) is 59.6 Å². The predicted octanol–water partition coefficient (Wildman–Crippen LogP) is 3.82. The SMILES string of the molecule is CCCC1(C2CCN(Cc3cccc(Cl)c3)CC2)NC(=O)N(CC2CCCO2)C1=O. The first-order chi connectivity index (χ1) is 14.5. The Hall–Kier alpha value is -1.63. The number of carbonyl (C=O) groups excluding carboxylic acids is 2. The van der Waals surface area contributed by atoms with Gasteiger partial charge < -0.3 is 10.1 Å². The number of nitrogens with zero attached hydrogens (tertiary/aromatic N) is 2. The summed E-state index contributed by atoms with van der Waals surface area (Å²) in [5.41, 5.74) is 0.448. The Morgan fingerprint density at radius 2 is 2.03 bits per heavy atom. The fourth-order valence-electron chi connectivity index (χ4n) is 5.32. The van der Waals surface area contributed by atoms with Gasteiger partial charge in [-0.15, -0.1) is 0 Å². The molecule has 1 aromatic rings. The first-order valence-corrected chi connectivity index (χ1v) is 11.6.